The number of carbonyl (C=O) groups excluding carboxylic acids is 1. The Morgan fingerprint density at radius 2 is 2.16 bits per heavy atom. The van der Waals surface area contributed by atoms with Crippen molar-refractivity contribution in [2.45, 2.75) is 58.9 Å². The van der Waals surface area contributed by atoms with Crippen LogP contribution in [0.3, 0.4) is 0 Å². The topological polar surface area (TPSA) is 73.8 Å². The fourth-order valence-corrected chi connectivity index (χ4v) is 2.25. The molecule has 0 aliphatic rings. The van der Waals surface area contributed by atoms with Gasteiger partial charge in [0, 0.05) is 12.5 Å². The molecule has 0 fully saturated rings. The second-order valence-electron chi connectivity index (χ2n) is 5.32. The van der Waals surface area contributed by atoms with Crippen LogP contribution >= 0.6 is 0 Å². The number of Topliss-reactive ketones (excluding diaryl/α,β-unsaturated/α-hetero) is 1. The lowest BCUT2D eigenvalue weighted by atomic mass is 9.95. The van der Waals surface area contributed by atoms with Crippen molar-refractivity contribution in [3.8, 4) is 0 Å². The highest BCUT2D eigenvalue weighted by molar-refractivity contribution is 5.80. The minimum Gasteiger partial charge on any atom is -0.330 e. The molecule has 0 aliphatic carbocycles. The highest BCUT2D eigenvalue weighted by atomic mass is 16.1. The first-order chi connectivity index (χ1) is 9.08. The van der Waals surface area contributed by atoms with Gasteiger partial charge < -0.3 is 5.73 Å². The lowest BCUT2D eigenvalue weighted by Gasteiger charge is -2.13. The fourth-order valence-electron chi connectivity index (χ4n) is 2.25. The Morgan fingerprint density at radius 1 is 1.42 bits per heavy atom. The Kier molecular flexibility index (Phi) is 6.70. The first-order valence-corrected chi connectivity index (χ1v) is 7.18. The highest BCUT2D eigenvalue weighted by Gasteiger charge is 2.14. The maximum atomic E-state index is 12.0. The van der Waals surface area contributed by atoms with E-state index in [1.54, 1.807) is 0 Å². The standard InChI is InChI=1S/C14H26N4O/c1-4-12(7-8-15)5-6-13(19)9-14-16-10-17-18(14)11(2)3/h10-12H,4-9,15H2,1-3H3. The van der Waals surface area contributed by atoms with Gasteiger partial charge in [-0.2, -0.15) is 5.10 Å². The minimum absolute atomic E-state index is 0.241. The third-order valence-electron chi connectivity index (χ3n) is 3.48. The molecule has 0 aromatic carbocycles. The monoisotopic (exact) mass is 266 g/mol. The van der Waals surface area contributed by atoms with Crippen molar-refractivity contribution in [2.24, 2.45) is 11.7 Å². The van der Waals surface area contributed by atoms with Crippen molar-refractivity contribution in [3.05, 3.63) is 12.2 Å². The quantitative estimate of drug-likeness (QED) is 0.743. The van der Waals surface area contributed by atoms with Crippen molar-refractivity contribution in [3.63, 3.8) is 0 Å². The predicted molar refractivity (Wildman–Crippen MR) is 75.8 cm³/mol. The molecule has 0 radical (unpaired) electrons. The summed E-state index contributed by atoms with van der Waals surface area (Å²) in [4.78, 5) is 16.2. The second kappa shape index (κ2) is 8.04. The van der Waals surface area contributed by atoms with Gasteiger partial charge >= 0.3 is 0 Å². The normalized spacial score (nSPS) is 12.9. The van der Waals surface area contributed by atoms with Gasteiger partial charge in [-0.3, -0.25) is 4.79 Å². The third-order valence-corrected chi connectivity index (χ3v) is 3.48. The first-order valence-electron chi connectivity index (χ1n) is 7.18. The SMILES string of the molecule is CCC(CCN)CCC(=O)Cc1ncnn1C(C)C. The molecular weight excluding hydrogens is 240 g/mol. The summed E-state index contributed by atoms with van der Waals surface area (Å²) in [6.45, 7) is 6.93. The summed E-state index contributed by atoms with van der Waals surface area (Å²) in [5.41, 5.74) is 5.57. The number of ketones is 1. The van der Waals surface area contributed by atoms with Crippen LogP contribution in [-0.2, 0) is 11.2 Å². The fraction of sp³-hybridized carbons (Fsp3) is 0.786. The molecule has 19 heavy (non-hydrogen) atoms. The first kappa shape index (κ1) is 15.8. The molecule has 1 aromatic rings. The maximum Gasteiger partial charge on any atom is 0.140 e. The van der Waals surface area contributed by atoms with Gasteiger partial charge in [0.2, 0.25) is 0 Å². The van der Waals surface area contributed by atoms with Crippen molar-refractivity contribution in [2.75, 3.05) is 6.54 Å². The molecule has 0 spiro atoms. The van der Waals surface area contributed by atoms with E-state index >= 15 is 0 Å². The van der Waals surface area contributed by atoms with Gasteiger partial charge in [-0.05, 0) is 39.2 Å². The number of nitrogens with zero attached hydrogens (tertiary/aromatic N) is 3. The molecule has 1 aromatic heterocycles. The van der Waals surface area contributed by atoms with Crippen molar-refractivity contribution in [1.29, 1.82) is 0 Å². The molecule has 108 valence electrons. The molecular formula is C14H26N4O. The van der Waals surface area contributed by atoms with Crippen LogP contribution in [-0.4, -0.2) is 27.1 Å². The summed E-state index contributed by atoms with van der Waals surface area (Å²) in [6.07, 6.45) is 5.55. The van der Waals surface area contributed by atoms with E-state index in [-0.39, 0.29) is 11.8 Å². The van der Waals surface area contributed by atoms with Gasteiger partial charge in [-0.15, -0.1) is 0 Å². The Hall–Kier alpha value is -1.23. The van der Waals surface area contributed by atoms with Crippen LogP contribution in [0, 0.1) is 5.92 Å². The molecule has 5 heteroatoms. The number of aromatic nitrogens is 3. The third kappa shape index (κ3) is 5.11. The summed E-state index contributed by atoms with van der Waals surface area (Å²) < 4.78 is 1.81. The zero-order chi connectivity index (χ0) is 14.3. The number of nitrogens with two attached hydrogens (primary N) is 1. The summed E-state index contributed by atoms with van der Waals surface area (Å²) in [5, 5.41) is 4.15. The number of hydrogen-bond donors (Lipinski definition) is 1. The molecule has 0 aliphatic heterocycles. The average Bonchev–Trinajstić information content (AvgIpc) is 2.82. The van der Waals surface area contributed by atoms with E-state index in [0.29, 0.717) is 25.3 Å². The van der Waals surface area contributed by atoms with Crippen LogP contribution in [0.15, 0.2) is 6.33 Å². The Balaban J connectivity index is 2.44. The van der Waals surface area contributed by atoms with Gasteiger partial charge in [0.15, 0.2) is 0 Å². The molecule has 0 saturated carbocycles. The number of carbonyl (C=O) groups is 1. The van der Waals surface area contributed by atoms with Crippen LogP contribution in [0.2, 0.25) is 0 Å². The van der Waals surface area contributed by atoms with Crippen molar-refractivity contribution in [1.82, 2.24) is 14.8 Å². The van der Waals surface area contributed by atoms with E-state index in [2.05, 4.69) is 17.0 Å². The predicted octanol–water partition coefficient (Wildman–Crippen LogP) is 2.13. The summed E-state index contributed by atoms with van der Waals surface area (Å²) in [5.74, 6) is 1.58. The average molecular weight is 266 g/mol. The molecule has 0 saturated heterocycles. The number of hydrogen-bond acceptors (Lipinski definition) is 4. The van der Waals surface area contributed by atoms with E-state index in [1.165, 1.54) is 6.33 Å². The number of rotatable bonds is 9. The lowest BCUT2D eigenvalue weighted by Crippen LogP contribution is -2.14. The maximum absolute atomic E-state index is 12.0. The Morgan fingerprint density at radius 3 is 2.74 bits per heavy atom. The zero-order valence-electron chi connectivity index (χ0n) is 12.3. The van der Waals surface area contributed by atoms with E-state index in [4.69, 9.17) is 5.73 Å². The molecule has 1 unspecified atom stereocenters. The summed E-state index contributed by atoms with van der Waals surface area (Å²) >= 11 is 0. The lowest BCUT2D eigenvalue weighted by molar-refractivity contribution is -0.118. The highest BCUT2D eigenvalue weighted by Crippen LogP contribution is 2.16. The van der Waals surface area contributed by atoms with Crippen LogP contribution in [0.4, 0.5) is 0 Å². The second-order valence-corrected chi connectivity index (χ2v) is 5.32. The van der Waals surface area contributed by atoms with Crippen LogP contribution < -0.4 is 5.73 Å². The summed E-state index contributed by atoms with van der Waals surface area (Å²) in [7, 11) is 0. The van der Waals surface area contributed by atoms with Crippen molar-refractivity contribution < 1.29 is 4.79 Å². The molecule has 0 bridgehead atoms. The van der Waals surface area contributed by atoms with Gasteiger partial charge in [0.05, 0.1) is 6.42 Å². The Bertz CT molecular complexity index is 387. The largest absolute Gasteiger partial charge is 0.330 e. The van der Waals surface area contributed by atoms with Crippen LogP contribution in [0.1, 0.15) is 58.3 Å². The van der Waals surface area contributed by atoms with E-state index in [9.17, 15) is 4.79 Å². The molecule has 0 amide bonds. The molecule has 1 rings (SSSR count). The van der Waals surface area contributed by atoms with Crippen molar-refractivity contribution >= 4 is 5.78 Å². The molecule has 1 heterocycles. The van der Waals surface area contributed by atoms with Crippen LogP contribution in [0.25, 0.3) is 0 Å². The molecule has 2 N–H and O–H groups in total. The van der Waals surface area contributed by atoms with E-state index in [1.807, 2.05) is 18.5 Å². The molecule has 1 atom stereocenters. The Labute approximate surface area is 115 Å². The van der Waals surface area contributed by atoms with Gasteiger partial charge in [0.25, 0.3) is 0 Å². The van der Waals surface area contributed by atoms with Gasteiger partial charge in [-0.1, -0.05) is 13.3 Å². The smallest absolute Gasteiger partial charge is 0.140 e. The van der Waals surface area contributed by atoms with E-state index in [0.717, 1.165) is 25.1 Å². The zero-order valence-corrected chi connectivity index (χ0v) is 12.3. The van der Waals surface area contributed by atoms with Gasteiger partial charge in [0.1, 0.15) is 17.9 Å². The molecule has 5 nitrogen and oxygen atoms in total. The van der Waals surface area contributed by atoms with Crippen LogP contribution in [0.5, 0.6) is 0 Å². The van der Waals surface area contributed by atoms with E-state index < -0.39 is 0 Å². The summed E-state index contributed by atoms with van der Waals surface area (Å²) in [6, 6.07) is 0.242. The minimum atomic E-state index is 0.241. The van der Waals surface area contributed by atoms with Gasteiger partial charge in [-0.25, -0.2) is 9.67 Å².